The van der Waals surface area contributed by atoms with Crippen molar-refractivity contribution in [2.24, 2.45) is 4.99 Å². The van der Waals surface area contributed by atoms with Gasteiger partial charge in [0, 0.05) is 27.8 Å². The minimum Gasteiger partial charge on any atom is -0.281 e. The van der Waals surface area contributed by atoms with Crippen LogP contribution >= 0.6 is 0 Å². The number of hydrogen-bond acceptors (Lipinski definition) is 3. The molecule has 0 aliphatic carbocycles. The maximum Gasteiger partial charge on any atom is 0.160 e. The Kier molecular flexibility index (Phi) is 6.85. The smallest absolute Gasteiger partial charge is 0.160 e. The number of fused-ring (bicyclic) bond motifs is 7. The summed E-state index contributed by atoms with van der Waals surface area (Å²) >= 11 is 0. The van der Waals surface area contributed by atoms with Gasteiger partial charge in [0.1, 0.15) is 0 Å². The highest BCUT2D eigenvalue weighted by molar-refractivity contribution is 6.16. The summed E-state index contributed by atoms with van der Waals surface area (Å²) in [6.07, 6.45) is 0.966. The molecule has 0 saturated heterocycles. The van der Waals surface area contributed by atoms with E-state index in [4.69, 9.17) is 15.0 Å². The van der Waals surface area contributed by atoms with E-state index in [-0.39, 0.29) is 6.04 Å². The van der Waals surface area contributed by atoms with Crippen LogP contribution in [-0.2, 0) is 6.42 Å². The standard InChI is InChI=1S/C48H33N3/c1-30-26-33-12-4-7-17-38(33)47(49-30)31-22-24-32(25-23-31)48-50-45(43-27-34-13-2-5-15-36(34)39-18-8-10-20-41(39)43)29-46(51-48)44-28-35-14-3-6-16-37(35)40-19-9-11-21-42(40)44/h2-25,27-30H,26H2,1H3. The molecule has 0 radical (unpaired) electrons. The molecule has 8 aromatic carbocycles. The van der Waals surface area contributed by atoms with Crippen LogP contribution in [0.4, 0.5) is 0 Å². The highest BCUT2D eigenvalue weighted by Crippen LogP contribution is 2.39. The van der Waals surface area contributed by atoms with Crippen molar-refractivity contribution in [3.63, 3.8) is 0 Å². The van der Waals surface area contributed by atoms with Crippen LogP contribution in [0, 0.1) is 0 Å². The normalized spacial score (nSPS) is 14.2. The van der Waals surface area contributed by atoms with Gasteiger partial charge in [-0.2, -0.15) is 0 Å². The molecule has 9 aromatic rings. The van der Waals surface area contributed by atoms with Gasteiger partial charge in [-0.05, 0) is 80.2 Å². The van der Waals surface area contributed by atoms with E-state index in [1.54, 1.807) is 0 Å². The Labute approximate surface area is 296 Å². The second-order valence-corrected chi connectivity index (χ2v) is 13.6. The minimum absolute atomic E-state index is 0.241. The van der Waals surface area contributed by atoms with Gasteiger partial charge in [0.25, 0.3) is 0 Å². The van der Waals surface area contributed by atoms with Gasteiger partial charge in [0.05, 0.1) is 23.1 Å². The Hall–Kier alpha value is -6.45. The van der Waals surface area contributed by atoms with Gasteiger partial charge < -0.3 is 0 Å². The molecule has 0 fully saturated rings. The highest BCUT2D eigenvalue weighted by Gasteiger charge is 2.20. The van der Waals surface area contributed by atoms with E-state index in [1.165, 1.54) is 54.2 Å². The molecule has 0 N–H and O–H groups in total. The summed E-state index contributed by atoms with van der Waals surface area (Å²) in [6.45, 7) is 2.19. The van der Waals surface area contributed by atoms with Gasteiger partial charge in [-0.1, -0.05) is 146 Å². The molecular formula is C48H33N3. The molecule has 2 heterocycles. The SMILES string of the molecule is CC1Cc2ccccc2C(c2ccc(-c3nc(-c4cc5ccccc5c5ccccc45)cc(-c4cc5ccccc5c5ccccc45)n3)cc2)=N1. The van der Waals surface area contributed by atoms with Gasteiger partial charge in [-0.25, -0.2) is 9.97 Å². The topological polar surface area (TPSA) is 38.1 Å². The Morgan fingerprint density at radius 3 is 1.49 bits per heavy atom. The lowest BCUT2D eigenvalue weighted by Crippen LogP contribution is -2.19. The lowest BCUT2D eigenvalue weighted by atomic mass is 9.90. The zero-order chi connectivity index (χ0) is 33.9. The second kappa shape index (κ2) is 11.9. The van der Waals surface area contributed by atoms with Gasteiger partial charge in [-0.15, -0.1) is 0 Å². The molecule has 3 heteroatoms. The second-order valence-electron chi connectivity index (χ2n) is 13.6. The molecule has 240 valence electrons. The fraction of sp³-hybridized carbons (Fsp3) is 0.0625. The van der Waals surface area contributed by atoms with E-state index in [9.17, 15) is 0 Å². The maximum atomic E-state index is 5.35. The van der Waals surface area contributed by atoms with Gasteiger partial charge in [0.15, 0.2) is 5.82 Å². The quantitative estimate of drug-likeness (QED) is 0.178. The van der Waals surface area contributed by atoms with E-state index in [0.29, 0.717) is 5.82 Å². The minimum atomic E-state index is 0.241. The Bertz CT molecular complexity index is 2710. The first-order valence-corrected chi connectivity index (χ1v) is 17.7. The highest BCUT2D eigenvalue weighted by atomic mass is 14.9. The van der Waals surface area contributed by atoms with Crippen molar-refractivity contribution in [3.05, 3.63) is 180 Å². The summed E-state index contributed by atoms with van der Waals surface area (Å²) in [5, 5.41) is 9.65. The molecule has 1 unspecified atom stereocenters. The average molecular weight is 652 g/mol. The zero-order valence-electron chi connectivity index (χ0n) is 28.2. The Morgan fingerprint density at radius 1 is 0.431 bits per heavy atom. The molecule has 51 heavy (non-hydrogen) atoms. The molecule has 1 aliphatic heterocycles. The van der Waals surface area contributed by atoms with E-state index >= 15 is 0 Å². The van der Waals surface area contributed by atoms with Crippen molar-refractivity contribution in [1.29, 1.82) is 0 Å². The van der Waals surface area contributed by atoms with E-state index in [2.05, 4.69) is 171 Å². The van der Waals surface area contributed by atoms with Gasteiger partial charge in [0.2, 0.25) is 0 Å². The van der Waals surface area contributed by atoms with Crippen molar-refractivity contribution < 1.29 is 0 Å². The fourth-order valence-corrected chi connectivity index (χ4v) is 7.97. The molecule has 1 atom stereocenters. The first-order chi connectivity index (χ1) is 25.2. The van der Waals surface area contributed by atoms with Crippen LogP contribution in [0.1, 0.15) is 23.6 Å². The first kappa shape index (κ1) is 29.5. The number of rotatable bonds is 4. The summed E-state index contributed by atoms with van der Waals surface area (Å²) < 4.78 is 0. The summed E-state index contributed by atoms with van der Waals surface area (Å²) in [5.74, 6) is 0.697. The van der Waals surface area contributed by atoms with Gasteiger partial charge in [-0.3, -0.25) is 4.99 Å². The molecule has 1 aromatic heterocycles. The molecule has 10 rings (SSSR count). The summed E-state index contributed by atoms with van der Waals surface area (Å²) in [6, 6.07) is 58.9. The van der Waals surface area contributed by atoms with Crippen LogP contribution in [-0.4, -0.2) is 21.7 Å². The Morgan fingerprint density at radius 2 is 0.902 bits per heavy atom. The van der Waals surface area contributed by atoms with Crippen molar-refractivity contribution >= 4 is 48.8 Å². The maximum absolute atomic E-state index is 5.35. The number of nitrogens with zero attached hydrogens (tertiary/aromatic N) is 3. The van der Waals surface area contributed by atoms with Crippen LogP contribution in [0.2, 0.25) is 0 Å². The van der Waals surface area contributed by atoms with Crippen LogP contribution in [0.25, 0.3) is 77.0 Å². The molecule has 0 bridgehead atoms. The summed E-state index contributed by atoms with van der Waals surface area (Å²) in [5.41, 5.74) is 9.69. The van der Waals surface area contributed by atoms with Crippen molar-refractivity contribution in [2.75, 3.05) is 0 Å². The largest absolute Gasteiger partial charge is 0.281 e. The predicted octanol–water partition coefficient (Wildman–Crippen LogP) is 11.9. The van der Waals surface area contributed by atoms with Crippen LogP contribution < -0.4 is 0 Å². The average Bonchev–Trinajstić information content (AvgIpc) is 3.20. The van der Waals surface area contributed by atoms with Crippen LogP contribution in [0.15, 0.2) is 169 Å². The number of hydrogen-bond donors (Lipinski definition) is 0. The first-order valence-electron chi connectivity index (χ1n) is 17.7. The van der Waals surface area contributed by atoms with Crippen molar-refractivity contribution in [3.8, 4) is 33.9 Å². The molecule has 1 aliphatic rings. The number of aliphatic imine (C=N–C) groups is 1. The Balaban J connectivity index is 1.20. The molecule has 3 nitrogen and oxygen atoms in total. The third kappa shape index (κ3) is 5.01. The number of aromatic nitrogens is 2. The molecular weight excluding hydrogens is 619 g/mol. The number of benzene rings is 8. The van der Waals surface area contributed by atoms with Crippen molar-refractivity contribution in [2.45, 2.75) is 19.4 Å². The monoisotopic (exact) mass is 651 g/mol. The fourth-order valence-electron chi connectivity index (χ4n) is 7.97. The lowest BCUT2D eigenvalue weighted by Gasteiger charge is -2.21. The molecule has 0 spiro atoms. The summed E-state index contributed by atoms with van der Waals surface area (Å²) in [4.78, 5) is 15.8. The van der Waals surface area contributed by atoms with Gasteiger partial charge >= 0.3 is 0 Å². The van der Waals surface area contributed by atoms with Crippen LogP contribution in [0.5, 0.6) is 0 Å². The predicted molar refractivity (Wildman–Crippen MR) is 214 cm³/mol. The van der Waals surface area contributed by atoms with Crippen LogP contribution in [0.3, 0.4) is 0 Å². The molecule has 0 saturated carbocycles. The molecule has 0 amide bonds. The lowest BCUT2D eigenvalue weighted by molar-refractivity contribution is 0.728. The summed E-state index contributed by atoms with van der Waals surface area (Å²) in [7, 11) is 0. The van der Waals surface area contributed by atoms with E-state index in [0.717, 1.165) is 45.8 Å². The van der Waals surface area contributed by atoms with Crippen molar-refractivity contribution in [1.82, 2.24) is 9.97 Å². The van der Waals surface area contributed by atoms with E-state index in [1.807, 2.05) is 0 Å². The van der Waals surface area contributed by atoms with E-state index < -0.39 is 0 Å². The third-order valence-corrected chi connectivity index (χ3v) is 10.4. The zero-order valence-corrected chi connectivity index (χ0v) is 28.2. The third-order valence-electron chi connectivity index (χ3n) is 10.4.